The molecule has 0 atom stereocenters. The Morgan fingerprint density at radius 1 is 1.14 bits per heavy atom. The van der Waals surface area contributed by atoms with E-state index in [1.807, 2.05) is 6.92 Å². The van der Waals surface area contributed by atoms with E-state index < -0.39 is 0 Å². The van der Waals surface area contributed by atoms with Crippen LogP contribution in [0.5, 0.6) is 11.8 Å². The topological polar surface area (TPSA) is 65.7 Å². The molecule has 6 nitrogen and oxygen atoms in total. The average molecular weight is 322 g/mol. The van der Waals surface area contributed by atoms with E-state index in [2.05, 4.69) is 20.1 Å². The Balaban J connectivity index is 1.93. The highest BCUT2D eigenvalue weighted by Crippen LogP contribution is 2.24. The van der Waals surface area contributed by atoms with Crippen molar-refractivity contribution in [2.45, 2.75) is 6.92 Å². The zero-order valence-electron chi connectivity index (χ0n) is 10.9. The molecule has 3 aromatic rings. The fourth-order valence-corrected chi connectivity index (χ4v) is 1.91. The Hall–Kier alpha value is -2.18. The van der Waals surface area contributed by atoms with Gasteiger partial charge in [0.15, 0.2) is 0 Å². The van der Waals surface area contributed by atoms with Gasteiger partial charge < -0.3 is 4.74 Å². The molecule has 1 aromatic carbocycles. The van der Waals surface area contributed by atoms with Crippen LogP contribution in [0, 0.1) is 6.92 Å². The van der Waals surface area contributed by atoms with Crippen LogP contribution in [-0.2, 0) is 0 Å². The largest absolute Gasteiger partial charge is 0.424 e. The highest BCUT2D eigenvalue weighted by atomic mass is 35.5. The lowest BCUT2D eigenvalue weighted by atomic mass is 10.2. The molecule has 0 saturated carbocycles. The van der Waals surface area contributed by atoms with E-state index in [1.165, 1.54) is 4.68 Å². The second kappa shape index (κ2) is 5.67. The summed E-state index contributed by atoms with van der Waals surface area (Å²) in [6, 6.07) is 7.08. The lowest BCUT2D eigenvalue weighted by molar-refractivity contribution is 0.437. The maximum atomic E-state index is 5.97. The lowest BCUT2D eigenvalue weighted by Gasteiger charge is -2.07. The van der Waals surface area contributed by atoms with Crippen molar-refractivity contribution in [2.24, 2.45) is 0 Å². The van der Waals surface area contributed by atoms with Crippen LogP contribution >= 0.6 is 23.2 Å². The molecule has 0 aliphatic rings. The summed E-state index contributed by atoms with van der Waals surface area (Å²) in [6.45, 7) is 1.88. The number of benzene rings is 1. The van der Waals surface area contributed by atoms with Crippen molar-refractivity contribution in [3.63, 3.8) is 0 Å². The smallest absolute Gasteiger partial charge is 0.328 e. The molecule has 0 aliphatic carbocycles. The number of rotatable bonds is 3. The van der Waals surface area contributed by atoms with E-state index >= 15 is 0 Å². The summed E-state index contributed by atoms with van der Waals surface area (Å²) in [7, 11) is 0. The third-order valence-electron chi connectivity index (χ3n) is 2.62. The minimum Gasteiger partial charge on any atom is -0.424 e. The molecule has 0 aliphatic heterocycles. The molecule has 8 heteroatoms. The van der Waals surface area contributed by atoms with Crippen LogP contribution in [0.15, 0.2) is 36.7 Å². The van der Waals surface area contributed by atoms with Gasteiger partial charge in [-0.2, -0.15) is 20.1 Å². The Labute approximate surface area is 130 Å². The quantitative estimate of drug-likeness (QED) is 0.739. The summed E-state index contributed by atoms with van der Waals surface area (Å²) < 4.78 is 7.05. The van der Waals surface area contributed by atoms with E-state index in [4.69, 9.17) is 27.9 Å². The number of aromatic nitrogens is 5. The Kier molecular flexibility index (Phi) is 3.72. The molecular weight excluding hydrogens is 313 g/mol. The summed E-state index contributed by atoms with van der Waals surface area (Å²) in [5, 5.41) is 4.72. The molecule has 3 rings (SSSR count). The highest BCUT2D eigenvalue weighted by molar-refractivity contribution is 6.31. The van der Waals surface area contributed by atoms with Gasteiger partial charge >= 0.3 is 6.01 Å². The predicted octanol–water partition coefficient (Wildman–Crippen LogP) is 3.46. The third-order valence-corrected chi connectivity index (χ3v) is 3.22. The van der Waals surface area contributed by atoms with Crippen molar-refractivity contribution in [1.29, 1.82) is 0 Å². The van der Waals surface area contributed by atoms with Crippen LogP contribution in [0.1, 0.15) is 5.56 Å². The van der Waals surface area contributed by atoms with E-state index in [1.54, 1.807) is 36.7 Å². The van der Waals surface area contributed by atoms with Gasteiger partial charge in [-0.05, 0) is 48.4 Å². The summed E-state index contributed by atoms with van der Waals surface area (Å²) >= 11 is 11.9. The first-order valence-corrected chi connectivity index (χ1v) is 6.73. The molecule has 0 radical (unpaired) electrons. The molecule has 0 spiro atoms. The van der Waals surface area contributed by atoms with Crippen LogP contribution in [-0.4, -0.2) is 24.7 Å². The normalized spacial score (nSPS) is 10.6. The van der Waals surface area contributed by atoms with Crippen molar-refractivity contribution in [1.82, 2.24) is 24.7 Å². The van der Waals surface area contributed by atoms with Gasteiger partial charge in [0.05, 0.1) is 0 Å². The molecule has 2 heterocycles. The van der Waals surface area contributed by atoms with E-state index in [9.17, 15) is 0 Å². The molecule has 0 unspecified atom stereocenters. The second-order valence-electron chi connectivity index (χ2n) is 4.15. The molecule has 0 saturated heterocycles. The molecule has 2 aromatic heterocycles. The SMILES string of the molecule is Cc1cc(Oc2nc(Cl)nc(-n3cccn3)n2)ccc1Cl. The Morgan fingerprint density at radius 3 is 2.71 bits per heavy atom. The molecule has 0 N–H and O–H groups in total. The number of aryl methyl sites for hydroxylation is 1. The summed E-state index contributed by atoms with van der Waals surface area (Å²) in [6.07, 6.45) is 3.31. The fraction of sp³-hybridized carbons (Fsp3) is 0.0769. The Bertz CT molecular complexity index is 776. The number of nitrogens with zero attached hydrogens (tertiary/aromatic N) is 5. The van der Waals surface area contributed by atoms with Crippen LogP contribution in [0.3, 0.4) is 0 Å². The van der Waals surface area contributed by atoms with Crippen LogP contribution < -0.4 is 4.74 Å². The van der Waals surface area contributed by atoms with E-state index in [0.717, 1.165) is 5.56 Å². The van der Waals surface area contributed by atoms with Crippen molar-refractivity contribution in [3.05, 3.63) is 52.5 Å². The van der Waals surface area contributed by atoms with Gasteiger partial charge in [-0.3, -0.25) is 0 Å². The average Bonchev–Trinajstić information content (AvgIpc) is 2.96. The molecule has 0 amide bonds. The third kappa shape index (κ3) is 3.12. The molecular formula is C13H9Cl2N5O. The van der Waals surface area contributed by atoms with E-state index in [-0.39, 0.29) is 17.2 Å². The van der Waals surface area contributed by atoms with Crippen LogP contribution in [0.4, 0.5) is 0 Å². The first-order chi connectivity index (χ1) is 10.1. The molecule has 0 bridgehead atoms. The first kappa shape index (κ1) is 13.8. The van der Waals surface area contributed by atoms with Gasteiger partial charge in [-0.25, -0.2) is 4.68 Å². The summed E-state index contributed by atoms with van der Waals surface area (Å²) in [5.41, 5.74) is 0.890. The zero-order chi connectivity index (χ0) is 14.8. The Morgan fingerprint density at radius 2 is 2.00 bits per heavy atom. The fourth-order valence-electron chi connectivity index (χ4n) is 1.64. The lowest BCUT2D eigenvalue weighted by Crippen LogP contribution is -2.05. The number of ether oxygens (including phenoxy) is 1. The van der Waals surface area contributed by atoms with Gasteiger partial charge in [0.25, 0.3) is 5.95 Å². The van der Waals surface area contributed by atoms with Crippen molar-refractivity contribution < 1.29 is 4.74 Å². The van der Waals surface area contributed by atoms with Crippen molar-refractivity contribution in [2.75, 3.05) is 0 Å². The summed E-state index contributed by atoms with van der Waals surface area (Å²) in [5.74, 6) is 0.839. The summed E-state index contributed by atoms with van der Waals surface area (Å²) in [4.78, 5) is 12.1. The zero-order valence-corrected chi connectivity index (χ0v) is 12.4. The van der Waals surface area contributed by atoms with Crippen LogP contribution in [0.25, 0.3) is 5.95 Å². The van der Waals surface area contributed by atoms with E-state index in [0.29, 0.717) is 10.8 Å². The van der Waals surface area contributed by atoms with Gasteiger partial charge in [0.1, 0.15) is 5.75 Å². The van der Waals surface area contributed by atoms with Crippen molar-refractivity contribution >= 4 is 23.2 Å². The number of halogens is 2. The standard InChI is InChI=1S/C13H9Cl2N5O/c1-8-7-9(3-4-10(8)14)21-13-18-11(15)17-12(19-13)20-6-2-5-16-20/h2-7H,1H3. The minimum atomic E-state index is 0.0242. The first-order valence-electron chi connectivity index (χ1n) is 5.97. The van der Waals surface area contributed by atoms with Gasteiger partial charge in [0.2, 0.25) is 5.28 Å². The second-order valence-corrected chi connectivity index (χ2v) is 4.90. The van der Waals surface area contributed by atoms with Crippen molar-refractivity contribution in [3.8, 4) is 17.7 Å². The van der Waals surface area contributed by atoms with Gasteiger partial charge in [-0.1, -0.05) is 11.6 Å². The maximum absolute atomic E-state index is 5.97. The number of hydrogen-bond acceptors (Lipinski definition) is 5. The highest BCUT2D eigenvalue weighted by Gasteiger charge is 2.09. The number of hydrogen-bond donors (Lipinski definition) is 0. The maximum Gasteiger partial charge on any atom is 0.328 e. The predicted molar refractivity (Wildman–Crippen MR) is 78.2 cm³/mol. The van der Waals surface area contributed by atoms with Gasteiger partial charge in [-0.15, -0.1) is 0 Å². The molecule has 106 valence electrons. The van der Waals surface area contributed by atoms with Gasteiger partial charge in [0, 0.05) is 17.4 Å². The monoisotopic (exact) mass is 321 g/mol. The van der Waals surface area contributed by atoms with Crippen LogP contribution in [0.2, 0.25) is 10.3 Å². The molecule has 0 fully saturated rings. The minimum absolute atomic E-state index is 0.0242. The molecule has 21 heavy (non-hydrogen) atoms.